The summed E-state index contributed by atoms with van der Waals surface area (Å²) in [4.78, 5) is 0. The molecule has 21 heavy (non-hydrogen) atoms. The number of aliphatic hydroxyl groups is 1. The van der Waals surface area contributed by atoms with E-state index in [1.165, 1.54) is 0 Å². The summed E-state index contributed by atoms with van der Waals surface area (Å²) in [6.07, 6.45) is 3.00. The van der Waals surface area contributed by atoms with Gasteiger partial charge in [-0.3, -0.25) is 0 Å². The smallest absolute Gasteiger partial charge is 0.134 e. The molecule has 1 aromatic heterocycles. The standard InChI is InChI=1S/C17H22ClNO2/c1-13-15(6-5-7-16(13)18)17-9-8-14(21-17)12-19-10-3-2-4-11-20/h5-9,19-20H,2-4,10-12H2,1H3. The molecule has 2 aromatic rings. The predicted molar refractivity (Wildman–Crippen MR) is 86.5 cm³/mol. The van der Waals surface area contributed by atoms with Crippen molar-refractivity contribution >= 4 is 11.6 Å². The van der Waals surface area contributed by atoms with Crippen LogP contribution in [0.1, 0.15) is 30.6 Å². The van der Waals surface area contributed by atoms with Crippen LogP contribution in [0.5, 0.6) is 0 Å². The van der Waals surface area contributed by atoms with Gasteiger partial charge in [-0.15, -0.1) is 0 Å². The van der Waals surface area contributed by atoms with Crippen LogP contribution in [-0.2, 0) is 6.54 Å². The van der Waals surface area contributed by atoms with E-state index in [0.717, 1.165) is 60.0 Å². The number of hydrogen-bond donors (Lipinski definition) is 2. The van der Waals surface area contributed by atoms with Crippen LogP contribution in [0.3, 0.4) is 0 Å². The summed E-state index contributed by atoms with van der Waals surface area (Å²) in [6.45, 7) is 3.94. The highest BCUT2D eigenvalue weighted by atomic mass is 35.5. The molecule has 0 atom stereocenters. The molecule has 2 N–H and O–H groups in total. The van der Waals surface area contributed by atoms with Crippen LogP contribution in [0.4, 0.5) is 0 Å². The Labute approximate surface area is 130 Å². The number of unbranched alkanes of at least 4 members (excludes halogenated alkanes) is 2. The van der Waals surface area contributed by atoms with Crippen LogP contribution in [-0.4, -0.2) is 18.3 Å². The van der Waals surface area contributed by atoms with Crippen molar-refractivity contribution in [3.63, 3.8) is 0 Å². The first kappa shape index (κ1) is 16.1. The Morgan fingerprint density at radius 1 is 1.14 bits per heavy atom. The molecule has 4 heteroatoms. The molecule has 1 heterocycles. The lowest BCUT2D eigenvalue weighted by molar-refractivity contribution is 0.282. The Hall–Kier alpha value is -1.29. The van der Waals surface area contributed by atoms with Gasteiger partial charge in [0.05, 0.1) is 6.54 Å². The van der Waals surface area contributed by atoms with E-state index in [1.54, 1.807) is 0 Å². The van der Waals surface area contributed by atoms with Crippen molar-refractivity contribution in [1.82, 2.24) is 5.32 Å². The maximum Gasteiger partial charge on any atom is 0.134 e. The molecule has 0 aliphatic carbocycles. The van der Waals surface area contributed by atoms with Gasteiger partial charge < -0.3 is 14.8 Å². The van der Waals surface area contributed by atoms with E-state index in [1.807, 2.05) is 37.3 Å². The molecule has 0 fully saturated rings. The Morgan fingerprint density at radius 3 is 2.81 bits per heavy atom. The SMILES string of the molecule is Cc1c(Cl)cccc1-c1ccc(CNCCCCCO)o1. The summed E-state index contributed by atoms with van der Waals surface area (Å²) >= 11 is 6.14. The Bertz CT molecular complexity index is 566. The molecule has 0 bridgehead atoms. The third kappa shape index (κ3) is 4.60. The van der Waals surface area contributed by atoms with E-state index in [4.69, 9.17) is 21.1 Å². The molecule has 0 aliphatic rings. The molecule has 0 aliphatic heterocycles. The molecule has 0 amide bonds. The third-order valence-electron chi connectivity index (χ3n) is 3.51. The van der Waals surface area contributed by atoms with E-state index >= 15 is 0 Å². The van der Waals surface area contributed by atoms with Crippen molar-refractivity contribution in [1.29, 1.82) is 0 Å². The first-order chi connectivity index (χ1) is 10.2. The lowest BCUT2D eigenvalue weighted by Crippen LogP contribution is -2.14. The fourth-order valence-electron chi connectivity index (χ4n) is 2.24. The highest BCUT2D eigenvalue weighted by Gasteiger charge is 2.09. The predicted octanol–water partition coefficient (Wildman–Crippen LogP) is 4.16. The number of benzene rings is 1. The van der Waals surface area contributed by atoms with Gasteiger partial charge in [0.1, 0.15) is 11.5 Å². The van der Waals surface area contributed by atoms with E-state index in [-0.39, 0.29) is 6.61 Å². The van der Waals surface area contributed by atoms with E-state index in [0.29, 0.717) is 0 Å². The second kappa shape index (κ2) is 8.23. The minimum absolute atomic E-state index is 0.278. The van der Waals surface area contributed by atoms with Crippen molar-refractivity contribution < 1.29 is 9.52 Å². The molecule has 0 saturated carbocycles. The Morgan fingerprint density at radius 2 is 2.00 bits per heavy atom. The molecule has 0 saturated heterocycles. The number of nitrogens with one attached hydrogen (secondary N) is 1. The largest absolute Gasteiger partial charge is 0.460 e. The van der Waals surface area contributed by atoms with E-state index in [9.17, 15) is 0 Å². The minimum atomic E-state index is 0.278. The summed E-state index contributed by atoms with van der Waals surface area (Å²) < 4.78 is 5.87. The summed E-state index contributed by atoms with van der Waals surface area (Å²) in [5.74, 6) is 1.78. The van der Waals surface area contributed by atoms with Crippen molar-refractivity contribution in [2.75, 3.05) is 13.2 Å². The first-order valence-corrected chi connectivity index (χ1v) is 7.76. The van der Waals surface area contributed by atoms with Gasteiger partial charge in [-0.05, 0) is 56.5 Å². The van der Waals surface area contributed by atoms with Crippen molar-refractivity contribution in [3.05, 3.63) is 46.7 Å². The van der Waals surface area contributed by atoms with Gasteiger partial charge in [0.25, 0.3) is 0 Å². The molecule has 0 radical (unpaired) electrons. The summed E-state index contributed by atoms with van der Waals surface area (Å²) in [5.41, 5.74) is 2.08. The van der Waals surface area contributed by atoms with Gasteiger partial charge in [0, 0.05) is 17.2 Å². The fourth-order valence-corrected chi connectivity index (χ4v) is 2.42. The summed E-state index contributed by atoms with van der Waals surface area (Å²) in [7, 11) is 0. The maximum absolute atomic E-state index is 8.71. The van der Waals surface area contributed by atoms with Crippen molar-refractivity contribution in [2.45, 2.75) is 32.7 Å². The minimum Gasteiger partial charge on any atom is -0.460 e. The van der Waals surface area contributed by atoms with Crippen LogP contribution >= 0.6 is 11.6 Å². The molecule has 2 rings (SSSR count). The van der Waals surface area contributed by atoms with Gasteiger partial charge in [0.2, 0.25) is 0 Å². The molecule has 114 valence electrons. The molecule has 0 unspecified atom stereocenters. The fraction of sp³-hybridized carbons (Fsp3) is 0.412. The third-order valence-corrected chi connectivity index (χ3v) is 3.92. The average molecular weight is 308 g/mol. The zero-order chi connectivity index (χ0) is 15.1. The molecule has 1 aromatic carbocycles. The van der Waals surface area contributed by atoms with Gasteiger partial charge in [-0.1, -0.05) is 23.7 Å². The molecular formula is C17H22ClNO2. The van der Waals surface area contributed by atoms with Gasteiger partial charge in [-0.2, -0.15) is 0 Å². The first-order valence-electron chi connectivity index (χ1n) is 7.38. The van der Waals surface area contributed by atoms with Crippen LogP contribution in [0.2, 0.25) is 5.02 Å². The van der Waals surface area contributed by atoms with Gasteiger partial charge in [0.15, 0.2) is 0 Å². The average Bonchev–Trinajstić information content (AvgIpc) is 2.94. The lowest BCUT2D eigenvalue weighted by Gasteiger charge is -2.05. The van der Waals surface area contributed by atoms with Gasteiger partial charge in [-0.25, -0.2) is 0 Å². The number of furan rings is 1. The lowest BCUT2D eigenvalue weighted by atomic mass is 10.1. The second-order valence-electron chi connectivity index (χ2n) is 5.14. The summed E-state index contributed by atoms with van der Waals surface area (Å²) in [6, 6.07) is 9.83. The second-order valence-corrected chi connectivity index (χ2v) is 5.55. The zero-order valence-electron chi connectivity index (χ0n) is 12.4. The van der Waals surface area contributed by atoms with Crippen LogP contribution in [0.15, 0.2) is 34.7 Å². The molecule has 0 spiro atoms. The highest BCUT2D eigenvalue weighted by Crippen LogP contribution is 2.29. The quantitative estimate of drug-likeness (QED) is 0.720. The number of hydrogen-bond acceptors (Lipinski definition) is 3. The monoisotopic (exact) mass is 307 g/mol. The van der Waals surface area contributed by atoms with Crippen LogP contribution in [0, 0.1) is 6.92 Å². The number of aliphatic hydroxyl groups excluding tert-OH is 1. The Kier molecular flexibility index (Phi) is 6.30. The number of halogens is 1. The normalized spacial score (nSPS) is 11.0. The van der Waals surface area contributed by atoms with E-state index in [2.05, 4.69) is 5.32 Å². The topological polar surface area (TPSA) is 45.4 Å². The number of rotatable bonds is 8. The van der Waals surface area contributed by atoms with Crippen molar-refractivity contribution in [2.24, 2.45) is 0 Å². The Balaban J connectivity index is 1.88. The summed E-state index contributed by atoms with van der Waals surface area (Å²) in [5, 5.41) is 12.8. The molecular weight excluding hydrogens is 286 g/mol. The zero-order valence-corrected chi connectivity index (χ0v) is 13.1. The van der Waals surface area contributed by atoms with Gasteiger partial charge >= 0.3 is 0 Å². The molecule has 3 nitrogen and oxygen atoms in total. The van der Waals surface area contributed by atoms with E-state index < -0.39 is 0 Å². The van der Waals surface area contributed by atoms with Crippen LogP contribution in [0.25, 0.3) is 11.3 Å². The highest BCUT2D eigenvalue weighted by molar-refractivity contribution is 6.31. The maximum atomic E-state index is 8.71. The van der Waals surface area contributed by atoms with Crippen LogP contribution < -0.4 is 5.32 Å². The van der Waals surface area contributed by atoms with Crippen molar-refractivity contribution in [3.8, 4) is 11.3 Å².